The summed E-state index contributed by atoms with van der Waals surface area (Å²) in [6, 6.07) is -0.704. The molecular formula is C42H85NO4. The Kier molecular flexibility index (Phi) is 37.6. The van der Waals surface area contributed by atoms with Gasteiger partial charge in [-0.2, -0.15) is 0 Å². The van der Waals surface area contributed by atoms with Crippen molar-refractivity contribution < 1.29 is 20.1 Å². The molecule has 1 amide bonds. The van der Waals surface area contributed by atoms with Gasteiger partial charge < -0.3 is 20.6 Å². The molecule has 0 fully saturated rings. The molecule has 0 radical (unpaired) electrons. The quantitative estimate of drug-likeness (QED) is 0.0491. The second kappa shape index (κ2) is 38.2. The SMILES string of the molecule is CCCCCCCCCCCCCCCCCCCCCC(O)C(=O)NC(CO)C(O)CCCCCCCCCCCCCCCC. The summed E-state index contributed by atoms with van der Waals surface area (Å²) in [7, 11) is 0. The van der Waals surface area contributed by atoms with E-state index in [9.17, 15) is 20.1 Å². The minimum absolute atomic E-state index is 0.308. The average Bonchev–Trinajstić information content (AvgIpc) is 3.07. The largest absolute Gasteiger partial charge is 0.394 e. The summed E-state index contributed by atoms with van der Waals surface area (Å²) in [6.45, 7) is 4.24. The number of aliphatic hydroxyl groups excluding tert-OH is 3. The number of hydrogen-bond donors (Lipinski definition) is 4. The molecule has 0 aliphatic heterocycles. The van der Waals surface area contributed by atoms with Crippen LogP contribution in [0.3, 0.4) is 0 Å². The van der Waals surface area contributed by atoms with Gasteiger partial charge in [0.05, 0.1) is 18.8 Å². The van der Waals surface area contributed by atoms with E-state index < -0.39 is 24.2 Å². The molecule has 0 aromatic rings. The summed E-state index contributed by atoms with van der Waals surface area (Å²) in [5, 5.41) is 33.3. The molecule has 3 unspecified atom stereocenters. The molecule has 0 bridgehead atoms. The highest BCUT2D eigenvalue weighted by Crippen LogP contribution is 2.17. The smallest absolute Gasteiger partial charge is 0.249 e. The van der Waals surface area contributed by atoms with Gasteiger partial charge in [0.1, 0.15) is 6.10 Å². The van der Waals surface area contributed by atoms with Crippen LogP contribution in [0.5, 0.6) is 0 Å². The molecule has 0 saturated heterocycles. The first-order valence-electron chi connectivity index (χ1n) is 21.3. The normalized spacial score (nSPS) is 13.6. The summed E-state index contributed by atoms with van der Waals surface area (Å²) in [5.74, 6) is -0.466. The van der Waals surface area contributed by atoms with Gasteiger partial charge in [-0.15, -0.1) is 0 Å². The lowest BCUT2D eigenvalue weighted by Gasteiger charge is -2.23. The van der Waals surface area contributed by atoms with Crippen LogP contribution in [0.2, 0.25) is 0 Å². The molecule has 0 aliphatic rings. The van der Waals surface area contributed by atoms with E-state index in [2.05, 4.69) is 19.2 Å². The molecule has 0 spiro atoms. The van der Waals surface area contributed by atoms with Crippen molar-refractivity contribution in [2.45, 2.75) is 257 Å². The van der Waals surface area contributed by atoms with E-state index in [1.165, 1.54) is 180 Å². The van der Waals surface area contributed by atoms with Crippen molar-refractivity contribution in [2.24, 2.45) is 0 Å². The van der Waals surface area contributed by atoms with Crippen LogP contribution in [0, 0.1) is 0 Å². The van der Waals surface area contributed by atoms with Crippen molar-refractivity contribution in [1.29, 1.82) is 0 Å². The molecule has 3 atom stereocenters. The fraction of sp³-hybridized carbons (Fsp3) is 0.976. The highest BCUT2D eigenvalue weighted by Gasteiger charge is 2.23. The number of amides is 1. The molecule has 0 saturated carbocycles. The summed E-state index contributed by atoms with van der Waals surface area (Å²) < 4.78 is 0. The number of nitrogens with one attached hydrogen (secondary N) is 1. The zero-order chi connectivity index (χ0) is 34.5. The Hall–Kier alpha value is -0.650. The third kappa shape index (κ3) is 33.6. The lowest BCUT2D eigenvalue weighted by molar-refractivity contribution is -0.131. The molecule has 5 nitrogen and oxygen atoms in total. The van der Waals surface area contributed by atoms with Crippen molar-refractivity contribution in [3.63, 3.8) is 0 Å². The zero-order valence-corrected chi connectivity index (χ0v) is 31.9. The van der Waals surface area contributed by atoms with Gasteiger partial charge in [-0.3, -0.25) is 4.79 Å². The van der Waals surface area contributed by atoms with Gasteiger partial charge in [0.25, 0.3) is 0 Å². The highest BCUT2D eigenvalue weighted by molar-refractivity contribution is 5.80. The van der Waals surface area contributed by atoms with E-state index >= 15 is 0 Å². The molecular weight excluding hydrogens is 582 g/mol. The number of carbonyl (C=O) groups excluding carboxylic acids is 1. The summed E-state index contributed by atoms with van der Waals surface area (Å²) >= 11 is 0. The number of unbranched alkanes of at least 4 members (excludes halogenated alkanes) is 31. The van der Waals surface area contributed by atoms with Crippen molar-refractivity contribution in [1.82, 2.24) is 5.32 Å². The fourth-order valence-corrected chi connectivity index (χ4v) is 6.84. The highest BCUT2D eigenvalue weighted by atomic mass is 16.3. The zero-order valence-electron chi connectivity index (χ0n) is 31.9. The average molecular weight is 668 g/mol. The van der Waals surface area contributed by atoms with Crippen LogP contribution >= 0.6 is 0 Å². The van der Waals surface area contributed by atoms with Crippen molar-refractivity contribution in [3.8, 4) is 0 Å². The predicted molar refractivity (Wildman–Crippen MR) is 204 cm³/mol. The van der Waals surface area contributed by atoms with Crippen molar-refractivity contribution >= 4 is 5.91 Å². The van der Waals surface area contributed by atoms with Gasteiger partial charge >= 0.3 is 0 Å². The first-order chi connectivity index (χ1) is 23.1. The van der Waals surface area contributed by atoms with Crippen LogP contribution < -0.4 is 5.32 Å². The second-order valence-corrected chi connectivity index (χ2v) is 14.9. The van der Waals surface area contributed by atoms with E-state index in [1.807, 2.05) is 0 Å². The summed E-state index contributed by atoms with van der Waals surface area (Å²) in [4.78, 5) is 12.5. The Morgan fingerprint density at radius 1 is 0.426 bits per heavy atom. The first kappa shape index (κ1) is 46.4. The molecule has 0 heterocycles. The topological polar surface area (TPSA) is 89.8 Å². The van der Waals surface area contributed by atoms with E-state index in [0.717, 1.165) is 32.1 Å². The Balaban J connectivity index is 3.58. The first-order valence-corrected chi connectivity index (χ1v) is 21.3. The predicted octanol–water partition coefficient (Wildman–Crippen LogP) is 11.9. The Morgan fingerprint density at radius 2 is 0.681 bits per heavy atom. The maximum absolute atomic E-state index is 12.5. The fourth-order valence-electron chi connectivity index (χ4n) is 6.84. The van der Waals surface area contributed by atoms with Gasteiger partial charge in [-0.05, 0) is 12.8 Å². The number of rotatable bonds is 39. The van der Waals surface area contributed by atoms with Crippen LogP contribution in [-0.2, 0) is 4.79 Å². The minimum Gasteiger partial charge on any atom is -0.394 e. The second-order valence-electron chi connectivity index (χ2n) is 14.9. The van der Waals surface area contributed by atoms with Gasteiger partial charge in [0.2, 0.25) is 5.91 Å². The lowest BCUT2D eigenvalue weighted by Crippen LogP contribution is -2.49. The van der Waals surface area contributed by atoms with Gasteiger partial charge in [-0.1, -0.05) is 226 Å². The Bertz CT molecular complexity index is 615. The van der Waals surface area contributed by atoms with Crippen LogP contribution in [0.15, 0.2) is 0 Å². The van der Waals surface area contributed by atoms with Crippen molar-refractivity contribution in [2.75, 3.05) is 6.61 Å². The maximum atomic E-state index is 12.5. The lowest BCUT2D eigenvalue weighted by atomic mass is 10.0. The number of aliphatic hydroxyl groups is 3. The molecule has 4 N–H and O–H groups in total. The van der Waals surface area contributed by atoms with E-state index in [-0.39, 0.29) is 6.61 Å². The molecule has 0 aromatic carbocycles. The standard InChI is InChI=1S/C42H85NO4/c1-3-5-7-9-11-13-15-17-19-20-21-22-23-25-27-29-31-33-35-37-41(46)42(47)43-39(38-44)40(45)36-34-32-30-28-26-24-18-16-14-12-10-8-6-4-2/h39-41,44-46H,3-38H2,1-2H3,(H,43,47). The van der Waals surface area contributed by atoms with Crippen LogP contribution in [0.25, 0.3) is 0 Å². The number of hydrogen-bond acceptors (Lipinski definition) is 4. The summed E-state index contributed by atoms with van der Waals surface area (Å²) in [6.07, 6.45) is 42.4. The Labute approximate surface area is 294 Å². The monoisotopic (exact) mass is 668 g/mol. The number of carbonyl (C=O) groups is 1. The van der Waals surface area contributed by atoms with E-state index in [4.69, 9.17) is 0 Å². The molecule has 5 heteroatoms. The third-order valence-corrected chi connectivity index (χ3v) is 10.2. The van der Waals surface area contributed by atoms with Crippen molar-refractivity contribution in [3.05, 3.63) is 0 Å². The molecule has 47 heavy (non-hydrogen) atoms. The van der Waals surface area contributed by atoms with Crippen LogP contribution in [0.4, 0.5) is 0 Å². The van der Waals surface area contributed by atoms with Crippen LogP contribution in [0.1, 0.15) is 239 Å². The Morgan fingerprint density at radius 3 is 0.957 bits per heavy atom. The molecule has 0 rings (SSSR count). The van der Waals surface area contributed by atoms with Crippen LogP contribution in [-0.4, -0.2) is 46.1 Å². The van der Waals surface area contributed by atoms with Gasteiger partial charge in [0, 0.05) is 0 Å². The van der Waals surface area contributed by atoms with Gasteiger partial charge in [-0.25, -0.2) is 0 Å². The molecule has 0 aromatic heterocycles. The molecule has 0 aliphatic carbocycles. The minimum atomic E-state index is -1.07. The van der Waals surface area contributed by atoms with E-state index in [1.54, 1.807) is 0 Å². The molecule has 282 valence electrons. The third-order valence-electron chi connectivity index (χ3n) is 10.2. The summed E-state index contributed by atoms with van der Waals surface area (Å²) in [5.41, 5.74) is 0. The van der Waals surface area contributed by atoms with Gasteiger partial charge in [0.15, 0.2) is 0 Å². The van der Waals surface area contributed by atoms with E-state index in [0.29, 0.717) is 12.8 Å². The maximum Gasteiger partial charge on any atom is 0.249 e.